The minimum atomic E-state index is 0.101. The van der Waals surface area contributed by atoms with Gasteiger partial charge in [-0.1, -0.05) is 0 Å². The van der Waals surface area contributed by atoms with Gasteiger partial charge in [-0.25, -0.2) is 4.98 Å². The maximum atomic E-state index is 12.3. The highest BCUT2D eigenvalue weighted by atomic mass is 32.1. The lowest BCUT2D eigenvalue weighted by atomic mass is 10.2. The average molecular weight is 318 g/mol. The molecule has 0 spiro atoms. The van der Waals surface area contributed by atoms with Crippen molar-refractivity contribution < 1.29 is 9.53 Å². The van der Waals surface area contributed by atoms with Gasteiger partial charge in [0.25, 0.3) is 5.91 Å². The van der Waals surface area contributed by atoms with Crippen molar-refractivity contribution in [1.82, 2.24) is 14.9 Å². The molecule has 1 fully saturated rings. The summed E-state index contributed by atoms with van der Waals surface area (Å²) in [6.07, 6.45) is 0. The number of thiophene rings is 1. The number of carbonyl (C=O) groups excluding carboxylic acids is 1. The first-order chi connectivity index (χ1) is 10.7. The van der Waals surface area contributed by atoms with E-state index in [-0.39, 0.29) is 5.91 Å². The third-order valence-corrected chi connectivity index (χ3v) is 4.33. The molecule has 7 heteroatoms. The summed E-state index contributed by atoms with van der Waals surface area (Å²) in [5.41, 5.74) is 1.64. The fourth-order valence-corrected chi connectivity index (χ4v) is 3.08. The molecule has 0 radical (unpaired) electrons. The van der Waals surface area contributed by atoms with Crippen molar-refractivity contribution in [3.05, 3.63) is 34.2 Å². The monoisotopic (exact) mass is 318 g/mol. The van der Waals surface area contributed by atoms with Crippen LogP contribution in [0.3, 0.4) is 0 Å². The minimum absolute atomic E-state index is 0.101. The highest BCUT2D eigenvalue weighted by Gasteiger charge is 2.24. The van der Waals surface area contributed by atoms with E-state index in [9.17, 15) is 4.79 Å². The van der Waals surface area contributed by atoms with Crippen molar-refractivity contribution >= 4 is 23.2 Å². The number of hydrogen-bond donors (Lipinski definition) is 0. The number of rotatable bonds is 3. The van der Waals surface area contributed by atoms with Gasteiger partial charge in [0.2, 0.25) is 11.8 Å². The van der Waals surface area contributed by atoms with Gasteiger partial charge >= 0.3 is 0 Å². The van der Waals surface area contributed by atoms with E-state index in [2.05, 4.69) is 14.9 Å². The van der Waals surface area contributed by atoms with E-state index >= 15 is 0 Å². The second-order valence-corrected chi connectivity index (χ2v) is 5.92. The van der Waals surface area contributed by atoms with E-state index in [0.29, 0.717) is 24.9 Å². The van der Waals surface area contributed by atoms with Crippen LogP contribution in [0.5, 0.6) is 5.88 Å². The molecular weight excluding hydrogens is 300 g/mol. The van der Waals surface area contributed by atoms with Crippen molar-refractivity contribution in [1.29, 1.82) is 0 Å². The molecule has 1 amide bonds. The predicted octanol–water partition coefficient (Wildman–Crippen LogP) is 1.82. The molecule has 0 N–H and O–H groups in total. The Hall–Kier alpha value is -2.15. The normalized spacial score (nSPS) is 15.0. The van der Waals surface area contributed by atoms with Gasteiger partial charge in [0.15, 0.2) is 0 Å². The molecule has 116 valence electrons. The van der Waals surface area contributed by atoms with Gasteiger partial charge in [0.05, 0.1) is 12.7 Å². The van der Waals surface area contributed by atoms with E-state index < -0.39 is 0 Å². The van der Waals surface area contributed by atoms with E-state index in [4.69, 9.17) is 4.74 Å². The standard InChI is InChI=1S/C15H18N4O2S/c1-11-9-13(21-2)17-15(16-11)19-6-4-18(5-7-19)14(20)12-3-8-22-10-12/h3,8-10H,4-7H2,1-2H3. The van der Waals surface area contributed by atoms with Gasteiger partial charge in [-0.05, 0) is 18.4 Å². The molecule has 2 aromatic rings. The summed E-state index contributed by atoms with van der Waals surface area (Å²) in [5.74, 6) is 1.34. The Morgan fingerprint density at radius 3 is 2.68 bits per heavy atom. The van der Waals surface area contributed by atoms with Gasteiger partial charge in [-0.15, -0.1) is 0 Å². The highest BCUT2D eigenvalue weighted by Crippen LogP contribution is 2.18. The number of aromatic nitrogens is 2. The smallest absolute Gasteiger partial charge is 0.254 e. The first-order valence-electron chi connectivity index (χ1n) is 7.13. The number of carbonyl (C=O) groups is 1. The van der Waals surface area contributed by atoms with Crippen LogP contribution in [-0.4, -0.2) is 54.1 Å². The first-order valence-corrected chi connectivity index (χ1v) is 8.08. The zero-order valence-corrected chi connectivity index (χ0v) is 13.5. The number of amides is 1. The fourth-order valence-electron chi connectivity index (χ4n) is 2.45. The predicted molar refractivity (Wildman–Crippen MR) is 85.8 cm³/mol. The third-order valence-electron chi connectivity index (χ3n) is 3.65. The molecule has 0 saturated carbocycles. The zero-order valence-electron chi connectivity index (χ0n) is 12.7. The highest BCUT2D eigenvalue weighted by molar-refractivity contribution is 7.08. The first kappa shape index (κ1) is 14.8. The molecule has 1 saturated heterocycles. The lowest BCUT2D eigenvalue weighted by Crippen LogP contribution is -2.49. The number of piperazine rings is 1. The molecule has 3 heterocycles. The lowest BCUT2D eigenvalue weighted by molar-refractivity contribution is 0.0746. The van der Waals surface area contributed by atoms with Crippen molar-refractivity contribution in [2.24, 2.45) is 0 Å². The topological polar surface area (TPSA) is 58.6 Å². The number of aryl methyl sites for hydroxylation is 1. The molecule has 2 aromatic heterocycles. The van der Waals surface area contributed by atoms with Crippen LogP contribution in [0.25, 0.3) is 0 Å². The summed E-state index contributed by atoms with van der Waals surface area (Å²) in [4.78, 5) is 25.1. The maximum Gasteiger partial charge on any atom is 0.254 e. The van der Waals surface area contributed by atoms with Crippen molar-refractivity contribution in [2.75, 3.05) is 38.2 Å². The summed E-state index contributed by atoms with van der Waals surface area (Å²) in [5, 5.41) is 3.82. The van der Waals surface area contributed by atoms with Crippen LogP contribution >= 0.6 is 11.3 Å². The number of ether oxygens (including phenoxy) is 1. The van der Waals surface area contributed by atoms with Crippen LogP contribution in [0.1, 0.15) is 16.1 Å². The number of anilines is 1. The van der Waals surface area contributed by atoms with Crippen molar-refractivity contribution in [3.8, 4) is 5.88 Å². The third kappa shape index (κ3) is 3.04. The molecular formula is C15H18N4O2S. The largest absolute Gasteiger partial charge is 0.481 e. The summed E-state index contributed by atoms with van der Waals surface area (Å²) in [6, 6.07) is 3.67. The zero-order chi connectivity index (χ0) is 15.5. The Kier molecular flexibility index (Phi) is 4.24. The number of hydrogen-bond acceptors (Lipinski definition) is 6. The fraction of sp³-hybridized carbons (Fsp3) is 0.400. The molecule has 1 aliphatic rings. The minimum Gasteiger partial charge on any atom is -0.481 e. The van der Waals surface area contributed by atoms with Crippen molar-refractivity contribution in [2.45, 2.75) is 6.92 Å². The SMILES string of the molecule is COc1cc(C)nc(N2CCN(C(=O)c3ccsc3)CC2)n1. The summed E-state index contributed by atoms with van der Waals surface area (Å²) in [6.45, 7) is 4.72. The van der Waals surface area contributed by atoms with Crippen molar-refractivity contribution in [3.63, 3.8) is 0 Å². The van der Waals surface area contributed by atoms with Crippen LogP contribution < -0.4 is 9.64 Å². The second-order valence-electron chi connectivity index (χ2n) is 5.14. The maximum absolute atomic E-state index is 12.3. The molecule has 1 aliphatic heterocycles. The van der Waals surface area contributed by atoms with E-state index in [1.54, 1.807) is 24.5 Å². The Labute approximate surface area is 133 Å². The summed E-state index contributed by atoms with van der Waals surface area (Å²) >= 11 is 1.54. The molecule has 0 bridgehead atoms. The van der Waals surface area contributed by atoms with Crippen LogP contribution in [0.15, 0.2) is 22.9 Å². The lowest BCUT2D eigenvalue weighted by Gasteiger charge is -2.34. The molecule has 0 atom stereocenters. The average Bonchev–Trinajstić information content (AvgIpc) is 3.08. The molecule has 22 heavy (non-hydrogen) atoms. The number of methoxy groups -OCH3 is 1. The van der Waals surface area contributed by atoms with Gasteiger partial charge in [-0.3, -0.25) is 4.79 Å². The molecule has 0 aromatic carbocycles. The van der Waals surface area contributed by atoms with Crippen LogP contribution in [-0.2, 0) is 0 Å². The van der Waals surface area contributed by atoms with E-state index in [0.717, 1.165) is 24.3 Å². The Morgan fingerprint density at radius 2 is 2.05 bits per heavy atom. The van der Waals surface area contributed by atoms with Gasteiger partial charge in [0.1, 0.15) is 0 Å². The molecule has 0 aliphatic carbocycles. The Balaban J connectivity index is 1.67. The quantitative estimate of drug-likeness (QED) is 0.864. The van der Waals surface area contributed by atoms with Gasteiger partial charge < -0.3 is 14.5 Å². The van der Waals surface area contributed by atoms with Crippen LogP contribution in [0.2, 0.25) is 0 Å². The van der Waals surface area contributed by atoms with Crippen LogP contribution in [0.4, 0.5) is 5.95 Å². The Morgan fingerprint density at radius 1 is 1.27 bits per heavy atom. The molecule has 0 unspecified atom stereocenters. The van der Waals surface area contributed by atoms with Gasteiger partial charge in [0, 0.05) is 43.3 Å². The van der Waals surface area contributed by atoms with Crippen LogP contribution in [0, 0.1) is 6.92 Å². The number of nitrogens with zero attached hydrogens (tertiary/aromatic N) is 4. The van der Waals surface area contributed by atoms with E-state index in [1.807, 2.05) is 28.7 Å². The second kappa shape index (κ2) is 6.31. The summed E-state index contributed by atoms with van der Waals surface area (Å²) < 4.78 is 5.19. The molecule has 6 nitrogen and oxygen atoms in total. The van der Waals surface area contributed by atoms with Gasteiger partial charge in [-0.2, -0.15) is 16.3 Å². The summed E-state index contributed by atoms with van der Waals surface area (Å²) in [7, 11) is 1.60. The Bertz CT molecular complexity index is 652. The molecule has 3 rings (SSSR count). The van der Waals surface area contributed by atoms with E-state index in [1.165, 1.54) is 0 Å².